The number of ether oxygens (including phenoxy) is 1. The number of benzene rings is 2. The molecular formula is C29H35N3O2. The van der Waals surface area contributed by atoms with E-state index >= 15 is 0 Å². The van der Waals surface area contributed by atoms with Crippen LogP contribution in [0.3, 0.4) is 0 Å². The molecule has 1 aromatic heterocycles. The second-order valence-corrected chi connectivity index (χ2v) is 8.78. The Hall–Kier alpha value is -3.31. The lowest BCUT2D eigenvalue weighted by atomic mass is 10.1. The number of anilines is 1. The molecule has 4 rings (SSSR count). The van der Waals surface area contributed by atoms with Gasteiger partial charge < -0.3 is 14.7 Å². The van der Waals surface area contributed by atoms with Gasteiger partial charge in [-0.15, -0.1) is 0 Å². The number of pyridine rings is 1. The number of hydrogen-bond acceptors (Lipinski definition) is 5. The van der Waals surface area contributed by atoms with E-state index in [1.54, 1.807) is 12.3 Å². The molecule has 0 saturated carbocycles. The van der Waals surface area contributed by atoms with Gasteiger partial charge in [0.2, 0.25) is 0 Å². The van der Waals surface area contributed by atoms with Crippen LogP contribution in [-0.4, -0.2) is 47.7 Å². The number of aromatic nitrogens is 1. The van der Waals surface area contributed by atoms with Gasteiger partial charge in [-0.2, -0.15) is 0 Å². The summed E-state index contributed by atoms with van der Waals surface area (Å²) >= 11 is 0. The van der Waals surface area contributed by atoms with E-state index in [-0.39, 0.29) is 0 Å². The average molecular weight is 458 g/mol. The molecule has 1 N–H and O–H groups in total. The van der Waals surface area contributed by atoms with Gasteiger partial charge in [0.05, 0.1) is 5.52 Å². The van der Waals surface area contributed by atoms with Crippen molar-refractivity contribution in [2.75, 3.05) is 37.6 Å². The summed E-state index contributed by atoms with van der Waals surface area (Å²) in [4.78, 5) is 9.36. The Morgan fingerprint density at radius 1 is 1.06 bits per heavy atom. The van der Waals surface area contributed by atoms with Crippen LogP contribution in [0.15, 0.2) is 72.5 Å². The van der Waals surface area contributed by atoms with E-state index in [1.807, 2.05) is 24.3 Å². The topological polar surface area (TPSA) is 48.8 Å². The molecular weight excluding hydrogens is 422 g/mol. The summed E-state index contributed by atoms with van der Waals surface area (Å²) in [7, 11) is 0. The Bertz CT molecular complexity index is 1160. The van der Waals surface area contributed by atoms with Gasteiger partial charge in [0.25, 0.3) is 0 Å². The van der Waals surface area contributed by atoms with Crippen molar-refractivity contribution in [2.45, 2.75) is 33.6 Å². The minimum atomic E-state index is 0.298. The molecule has 0 unspecified atom stereocenters. The minimum Gasteiger partial charge on any atom is -0.508 e. The van der Waals surface area contributed by atoms with Crippen LogP contribution in [0.25, 0.3) is 10.9 Å². The van der Waals surface area contributed by atoms with Crippen molar-refractivity contribution in [3.8, 4) is 17.2 Å². The second kappa shape index (κ2) is 11.2. The summed E-state index contributed by atoms with van der Waals surface area (Å²) in [6.45, 7) is 11.5. The first-order valence-corrected chi connectivity index (χ1v) is 12.2. The number of hydrogen-bond donors (Lipinski definition) is 1. The zero-order valence-electron chi connectivity index (χ0n) is 20.5. The lowest BCUT2D eigenvalue weighted by Gasteiger charge is -2.36. The molecule has 1 aliphatic rings. The first-order chi connectivity index (χ1) is 16.6. The number of rotatable bonds is 8. The van der Waals surface area contributed by atoms with Crippen LogP contribution < -0.4 is 9.64 Å². The third-order valence-electron chi connectivity index (χ3n) is 6.38. The standard InChI is InChI=1S/C29H35N3O2/c1-4-7-22(6-3)21-31-15-17-32(18-16-31)24-9-11-25(12-10-24)34-29-13-14-30-27-20-28(33)23(8-5-2)19-26(27)29/h4,6-7,9-14,19-20,33H,5,8,15-18,21H2,1-3H3/b7-4-,22-6+. The number of phenolic OH excluding ortho intramolecular Hbond substituents is 1. The van der Waals surface area contributed by atoms with Gasteiger partial charge >= 0.3 is 0 Å². The summed E-state index contributed by atoms with van der Waals surface area (Å²) in [5.74, 6) is 1.85. The van der Waals surface area contributed by atoms with Crippen LogP contribution in [0.2, 0.25) is 0 Å². The van der Waals surface area contributed by atoms with Crippen LogP contribution >= 0.6 is 0 Å². The van der Waals surface area contributed by atoms with Crippen LogP contribution in [0.1, 0.15) is 32.8 Å². The van der Waals surface area contributed by atoms with Gasteiger partial charge in [-0.25, -0.2) is 0 Å². The molecule has 1 fully saturated rings. The second-order valence-electron chi connectivity index (χ2n) is 8.78. The molecule has 3 aromatic rings. The van der Waals surface area contributed by atoms with E-state index in [1.165, 1.54) is 11.3 Å². The Kier molecular flexibility index (Phi) is 7.86. The van der Waals surface area contributed by atoms with Crippen molar-refractivity contribution in [2.24, 2.45) is 0 Å². The molecule has 0 aliphatic carbocycles. The van der Waals surface area contributed by atoms with Crippen molar-refractivity contribution in [3.05, 3.63) is 78.0 Å². The Labute approximate surface area is 203 Å². The number of fused-ring (bicyclic) bond motifs is 1. The fraction of sp³-hybridized carbons (Fsp3) is 0.345. The molecule has 0 amide bonds. The third kappa shape index (κ3) is 5.60. The molecule has 0 bridgehead atoms. The molecule has 5 nitrogen and oxygen atoms in total. The van der Waals surface area contributed by atoms with Gasteiger partial charge in [-0.1, -0.05) is 31.6 Å². The zero-order chi connectivity index (χ0) is 23.9. The lowest BCUT2D eigenvalue weighted by molar-refractivity contribution is 0.280. The summed E-state index contributed by atoms with van der Waals surface area (Å²) in [6.07, 6.45) is 10.0. The van der Waals surface area contributed by atoms with E-state index in [0.717, 1.165) is 73.5 Å². The molecule has 2 heterocycles. The number of nitrogens with zero attached hydrogens (tertiary/aromatic N) is 3. The minimum absolute atomic E-state index is 0.298. The lowest BCUT2D eigenvalue weighted by Crippen LogP contribution is -2.46. The van der Waals surface area contributed by atoms with E-state index in [4.69, 9.17) is 4.74 Å². The van der Waals surface area contributed by atoms with E-state index in [2.05, 4.69) is 65.9 Å². The highest BCUT2D eigenvalue weighted by molar-refractivity contribution is 5.87. The number of aromatic hydroxyl groups is 1. The van der Waals surface area contributed by atoms with Crippen molar-refractivity contribution < 1.29 is 9.84 Å². The average Bonchev–Trinajstić information content (AvgIpc) is 2.86. The predicted molar refractivity (Wildman–Crippen MR) is 141 cm³/mol. The van der Waals surface area contributed by atoms with Crippen LogP contribution in [0, 0.1) is 0 Å². The van der Waals surface area contributed by atoms with Crippen LogP contribution in [0.5, 0.6) is 17.2 Å². The number of aryl methyl sites for hydroxylation is 1. The van der Waals surface area contributed by atoms with Gasteiger partial charge in [0.1, 0.15) is 17.2 Å². The fourth-order valence-electron chi connectivity index (χ4n) is 4.49. The normalized spacial score (nSPS) is 15.4. The zero-order valence-corrected chi connectivity index (χ0v) is 20.5. The molecule has 34 heavy (non-hydrogen) atoms. The molecule has 178 valence electrons. The van der Waals surface area contributed by atoms with E-state index in [0.29, 0.717) is 5.75 Å². The molecule has 0 spiro atoms. The maximum Gasteiger partial charge on any atom is 0.138 e. The number of piperazine rings is 1. The Morgan fingerprint density at radius 2 is 1.82 bits per heavy atom. The van der Waals surface area contributed by atoms with E-state index < -0.39 is 0 Å². The molecule has 5 heteroatoms. The smallest absolute Gasteiger partial charge is 0.138 e. The summed E-state index contributed by atoms with van der Waals surface area (Å²) in [5.41, 5.74) is 4.26. The summed E-state index contributed by atoms with van der Waals surface area (Å²) in [6, 6.07) is 14.0. The first-order valence-electron chi connectivity index (χ1n) is 12.2. The maximum absolute atomic E-state index is 10.3. The predicted octanol–water partition coefficient (Wildman–Crippen LogP) is 6.33. The highest BCUT2D eigenvalue weighted by Crippen LogP contribution is 2.34. The Morgan fingerprint density at radius 3 is 2.50 bits per heavy atom. The van der Waals surface area contributed by atoms with Crippen LogP contribution in [-0.2, 0) is 6.42 Å². The highest BCUT2D eigenvalue weighted by Gasteiger charge is 2.17. The van der Waals surface area contributed by atoms with E-state index in [9.17, 15) is 5.11 Å². The monoisotopic (exact) mass is 457 g/mol. The van der Waals surface area contributed by atoms with Crippen molar-refractivity contribution in [1.82, 2.24) is 9.88 Å². The van der Waals surface area contributed by atoms with Crippen molar-refractivity contribution >= 4 is 16.6 Å². The Balaban J connectivity index is 1.42. The largest absolute Gasteiger partial charge is 0.508 e. The molecule has 0 atom stereocenters. The molecule has 1 saturated heterocycles. The van der Waals surface area contributed by atoms with Crippen molar-refractivity contribution in [1.29, 1.82) is 0 Å². The van der Waals surface area contributed by atoms with Gasteiger partial charge in [0.15, 0.2) is 0 Å². The number of allylic oxidation sites excluding steroid dienone is 2. The summed E-state index contributed by atoms with van der Waals surface area (Å²) in [5, 5.41) is 11.2. The quantitative estimate of drug-likeness (QED) is 0.401. The fourth-order valence-corrected chi connectivity index (χ4v) is 4.49. The van der Waals surface area contributed by atoms with Gasteiger partial charge in [-0.3, -0.25) is 9.88 Å². The van der Waals surface area contributed by atoms with Gasteiger partial charge in [0, 0.05) is 56.1 Å². The van der Waals surface area contributed by atoms with Crippen molar-refractivity contribution in [3.63, 3.8) is 0 Å². The number of phenols is 1. The first kappa shape index (κ1) is 23.8. The SMILES string of the molecule is C/C=C\C(=C/C)CN1CCN(c2ccc(Oc3ccnc4cc(O)c(CCC)cc34)cc2)CC1. The summed E-state index contributed by atoms with van der Waals surface area (Å²) < 4.78 is 6.24. The highest BCUT2D eigenvalue weighted by atomic mass is 16.5. The third-order valence-corrected chi connectivity index (χ3v) is 6.38. The molecule has 2 aromatic carbocycles. The maximum atomic E-state index is 10.3. The van der Waals surface area contributed by atoms with Crippen LogP contribution in [0.4, 0.5) is 5.69 Å². The molecule has 0 radical (unpaired) electrons. The van der Waals surface area contributed by atoms with Gasteiger partial charge in [-0.05, 0) is 67.8 Å². The molecule has 1 aliphatic heterocycles.